The molecule has 0 spiro atoms. The standard InChI is InChI=1S/C11H21N3O/c1-9(2)12-6-5-11(3,15)10-7-13-14(4)8-10/h7-9,12,15H,5-6H2,1-4H3. The minimum Gasteiger partial charge on any atom is -0.385 e. The van der Waals surface area contributed by atoms with Gasteiger partial charge in [0, 0.05) is 24.8 Å². The van der Waals surface area contributed by atoms with Gasteiger partial charge in [-0.05, 0) is 19.9 Å². The van der Waals surface area contributed by atoms with Gasteiger partial charge in [-0.15, -0.1) is 0 Å². The number of aryl methyl sites for hydroxylation is 1. The molecule has 4 nitrogen and oxygen atoms in total. The molecule has 1 atom stereocenters. The van der Waals surface area contributed by atoms with E-state index in [0.29, 0.717) is 12.5 Å². The Morgan fingerprint density at radius 1 is 1.60 bits per heavy atom. The number of nitrogens with zero attached hydrogens (tertiary/aromatic N) is 2. The van der Waals surface area contributed by atoms with Crippen LogP contribution in [-0.4, -0.2) is 27.5 Å². The number of hydrogen-bond acceptors (Lipinski definition) is 3. The van der Waals surface area contributed by atoms with Crippen molar-refractivity contribution in [2.24, 2.45) is 7.05 Å². The molecule has 1 rings (SSSR count). The molecule has 0 amide bonds. The molecule has 0 bridgehead atoms. The zero-order valence-corrected chi connectivity index (χ0v) is 9.99. The number of rotatable bonds is 5. The monoisotopic (exact) mass is 211 g/mol. The van der Waals surface area contributed by atoms with Gasteiger partial charge in [-0.25, -0.2) is 0 Å². The lowest BCUT2D eigenvalue weighted by Crippen LogP contribution is -2.30. The highest BCUT2D eigenvalue weighted by Crippen LogP contribution is 2.22. The Bertz CT molecular complexity index is 305. The van der Waals surface area contributed by atoms with E-state index >= 15 is 0 Å². The van der Waals surface area contributed by atoms with Crippen LogP contribution in [0.15, 0.2) is 12.4 Å². The van der Waals surface area contributed by atoms with E-state index < -0.39 is 5.60 Å². The normalized spacial score (nSPS) is 15.6. The Hall–Kier alpha value is -0.870. The largest absolute Gasteiger partial charge is 0.385 e. The van der Waals surface area contributed by atoms with Crippen LogP contribution in [0, 0.1) is 0 Å². The quantitative estimate of drug-likeness (QED) is 0.764. The summed E-state index contributed by atoms with van der Waals surface area (Å²) in [5.41, 5.74) is 0.0754. The van der Waals surface area contributed by atoms with Crippen LogP contribution in [0.3, 0.4) is 0 Å². The van der Waals surface area contributed by atoms with Gasteiger partial charge < -0.3 is 10.4 Å². The first-order valence-corrected chi connectivity index (χ1v) is 5.37. The van der Waals surface area contributed by atoms with Crippen LogP contribution in [0.4, 0.5) is 0 Å². The highest BCUT2D eigenvalue weighted by molar-refractivity contribution is 5.13. The molecule has 0 aliphatic rings. The van der Waals surface area contributed by atoms with Crippen molar-refractivity contribution >= 4 is 0 Å². The van der Waals surface area contributed by atoms with Crippen molar-refractivity contribution in [2.45, 2.75) is 38.8 Å². The molecule has 2 N–H and O–H groups in total. The van der Waals surface area contributed by atoms with Gasteiger partial charge in [0.1, 0.15) is 0 Å². The summed E-state index contributed by atoms with van der Waals surface area (Å²) >= 11 is 0. The smallest absolute Gasteiger partial charge is 0.0910 e. The predicted molar refractivity (Wildman–Crippen MR) is 60.5 cm³/mol. The van der Waals surface area contributed by atoms with Gasteiger partial charge in [0.25, 0.3) is 0 Å². The molecule has 1 unspecified atom stereocenters. The average Bonchev–Trinajstić information content (AvgIpc) is 2.51. The van der Waals surface area contributed by atoms with Crippen LogP contribution >= 0.6 is 0 Å². The molecular formula is C11H21N3O. The maximum absolute atomic E-state index is 10.2. The highest BCUT2D eigenvalue weighted by atomic mass is 16.3. The molecule has 1 aromatic rings. The molecule has 0 saturated carbocycles. The molecule has 1 aromatic heterocycles. The van der Waals surface area contributed by atoms with Gasteiger partial charge in [0.05, 0.1) is 11.8 Å². The van der Waals surface area contributed by atoms with Crippen molar-refractivity contribution in [3.63, 3.8) is 0 Å². The first-order valence-electron chi connectivity index (χ1n) is 5.37. The van der Waals surface area contributed by atoms with E-state index in [1.165, 1.54) is 0 Å². The third kappa shape index (κ3) is 3.64. The summed E-state index contributed by atoms with van der Waals surface area (Å²) < 4.78 is 1.71. The zero-order chi connectivity index (χ0) is 11.5. The molecular weight excluding hydrogens is 190 g/mol. The van der Waals surface area contributed by atoms with Gasteiger partial charge in [-0.1, -0.05) is 13.8 Å². The summed E-state index contributed by atoms with van der Waals surface area (Å²) in [4.78, 5) is 0. The van der Waals surface area contributed by atoms with Gasteiger partial charge in [0.2, 0.25) is 0 Å². The summed E-state index contributed by atoms with van der Waals surface area (Å²) in [5, 5.41) is 17.6. The highest BCUT2D eigenvalue weighted by Gasteiger charge is 2.23. The molecule has 15 heavy (non-hydrogen) atoms. The van der Waals surface area contributed by atoms with Gasteiger partial charge >= 0.3 is 0 Å². The lowest BCUT2D eigenvalue weighted by atomic mass is 9.95. The van der Waals surface area contributed by atoms with Crippen molar-refractivity contribution in [2.75, 3.05) is 6.54 Å². The topological polar surface area (TPSA) is 50.1 Å². The Morgan fingerprint density at radius 2 is 2.27 bits per heavy atom. The van der Waals surface area contributed by atoms with E-state index in [-0.39, 0.29) is 0 Å². The summed E-state index contributed by atoms with van der Waals surface area (Å²) in [7, 11) is 1.85. The Kier molecular flexibility index (Phi) is 3.88. The van der Waals surface area contributed by atoms with Gasteiger partial charge in [-0.3, -0.25) is 4.68 Å². The van der Waals surface area contributed by atoms with Crippen molar-refractivity contribution in [1.82, 2.24) is 15.1 Å². The van der Waals surface area contributed by atoms with Crippen molar-refractivity contribution in [3.8, 4) is 0 Å². The number of aromatic nitrogens is 2. The fourth-order valence-electron chi connectivity index (χ4n) is 1.45. The lowest BCUT2D eigenvalue weighted by Gasteiger charge is -2.22. The summed E-state index contributed by atoms with van der Waals surface area (Å²) in [5.74, 6) is 0. The fraction of sp³-hybridized carbons (Fsp3) is 0.727. The maximum atomic E-state index is 10.2. The molecule has 0 radical (unpaired) electrons. The maximum Gasteiger partial charge on any atom is 0.0910 e. The van der Waals surface area contributed by atoms with E-state index in [1.54, 1.807) is 10.9 Å². The average molecular weight is 211 g/mol. The van der Waals surface area contributed by atoms with E-state index in [0.717, 1.165) is 12.1 Å². The van der Waals surface area contributed by atoms with E-state index in [9.17, 15) is 5.11 Å². The third-order valence-electron chi connectivity index (χ3n) is 2.49. The van der Waals surface area contributed by atoms with Gasteiger partial charge in [-0.2, -0.15) is 5.10 Å². The third-order valence-corrected chi connectivity index (χ3v) is 2.49. The number of nitrogens with one attached hydrogen (secondary N) is 1. The van der Waals surface area contributed by atoms with Crippen LogP contribution in [-0.2, 0) is 12.6 Å². The van der Waals surface area contributed by atoms with Crippen LogP contribution < -0.4 is 5.32 Å². The minimum atomic E-state index is -0.795. The molecule has 0 aliphatic carbocycles. The number of aliphatic hydroxyl groups is 1. The summed E-state index contributed by atoms with van der Waals surface area (Å²) in [6.07, 6.45) is 4.27. The molecule has 86 valence electrons. The van der Waals surface area contributed by atoms with E-state index in [2.05, 4.69) is 24.3 Å². The van der Waals surface area contributed by atoms with Crippen LogP contribution in [0.1, 0.15) is 32.8 Å². The Balaban J connectivity index is 2.51. The van der Waals surface area contributed by atoms with Crippen LogP contribution in [0.5, 0.6) is 0 Å². The van der Waals surface area contributed by atoms with Crippen molar-refractivity contribution < 1.29 is 5.11 Å². The van der Waals surface area contributed by atoms with Crippen molar-refractivity contribution in [3.05, 3.63) is 18.0 Å². The van der Waals surface area contributed by atoms with E-state index in [4.69, 9.17) is 0 Å². The second-order valence-corrected chi connectivity index (χ2v) is 4.54. The minimum absolute atomic E-state index is 0.453. The first-order chi connectivity index (χ1) is 6.92. The summed E-state index contributed by atoms with van der Waals surface area (Å²) in [6.45, 7) is 6.82. The second-order valence-electron chi connectivity index (χ2n) is 4.54. The first kappa shape index (κ1) is 12.2. The second kappa shape index (κ2) is 4.77. The Morgan fingerprint density at radius 3 is 2.73 bits per heavy atom. The molecule has 1 heterocycles. The fourth-order valence-corrected chi connectivity index (χ4v) is 1.45. The zero-order valence-electron chi connectivity index (χ0n) is 9.99. The molecule has 0 aliphatic heterocycles. The van der Waals surface area contributed by atoms with E-state index in [1.807, 2.05) is 20.2 Å². The molecule has 0 saturated heterocycles. The molecule has 0 aromatic carbocycles. The van der Waals surface area contributed by atoms with Gasteiger partial charge in [0.15, 0.2) is 0 Å². The lowest BCUT2D eigenvalue weighted by molar-refractivity contribution is 0.0475. The predicted octanol–water partition coefficient (Wildman–Crippen LogP) is 1.02. The van der Waals surface area contributed by atoms with Crippen LogP contribution in [0.25, 0.3) is 0 Å². The summed E-state index contributed by atoms with van der Waals surface area (Å²) in [6, 6.07) is 0.453. The number of hydrogen-bond donors (Lipinski definition) is 2. The molecule has 0 fully saturated rings. The molecule has 4 heteroatoms. The van der Waals surface area contributed by atoms with Crippen molar-refractivity contribution in [1.29, 1.82) is 0 Å². The van der Waals surface area contributed by atoms with Crippen LogP contribution in [0.2, 0.25) is 0 Å². The SMILES string of the molecule is CC(C)NCCC(C)(O)c1cnn(C)c1. The Labute approximate surface area is 91.3 Å².